The zero-order chi connectivity index (χ0) is 20.3. The van der Waals surface area contributed by atoms with Crippen LogP contribution in [0.4, 0.5) is 5.69 Å². The van der Waals surface area contributed by atoms with Gasteiger partial charge < -0.3 is 19.6 Å². The summed E-state index contributed by atoms with van der Waals surface area (Å²) >= 11 is 5.81. The molecule has 142 valence electrons. The lowest BCUT2D eigenvalue weighted by Crippen LogP contribution is -2.22. The molecule has 8 heteroatoms. The average Bonchev–Trinajstić information content (AvgIpc) is 2.70. The summed E-state index contributed by atoms with van der Waals surface area (Å²) in [6, 6.07) is 11.9. The Balaban J connectivity index is 1.93. The van der Waals surface area contributed by atoms with Crippen LogP contribution in [-0.2, 0) is 0 Å². The van der Waals surface area contributed by atoms with Crippen molar-refractivity contribution in [3.8, 4) is 11.5 Å². The predicted octanol–water partition coefficient (Wildman–Crippen LogP) is 3.61. The van der Waals surface area contributed by atoms with Gasteiger partial charge in [0.2, 0.25) is 5.55 Å². The van der Waals surface area contributed by atoms with E-state index >= 15 is 0 Å². The molecule has 0 unspecified atom stereocenters. The number of hydrogen-bond donors (Lipinski definition) is 3. The molecule has 0 saturated carbocycles. The van der Waals surface area contributed by atoms with Crippen molar-refractivity contribution in [1.82, 2.24) is 0 Å². The summed E-state index contributed by atoms with van der Waals surface area (Å²) in [6.45, 7) is 0. The number of anilines is 1. The molecule has 3 rings (SSSR count). The normalized spacial score (nSPS) is 10.4. The van der Waals surface area contributed by atoms with E-state index in [1.807, 2.05) is 0 Å². The van der Waals surface area contributed by atoms with Crippen molar-refractivity contribution in [2.45, 2.75) is 0 Å². The maximum Gasteiger partial charge on any atom is 0.261 e. The predicted molar refractivity (Wildman–Crippen MR) is 102 cm³/mol. The third-order valence-corrected chi connectivity index (χ3v) is 4.16. The fourth-order valence-electron chi connectivity index (χ4n) is 2.44. The van der Waals surface area contributed by atoms with Gasteiger partial charge in [-0.2, -0.15) is 0 Å². The van der Waals surface area contributed by atoms with Crippen LogP contribution in [0.2, 0.25) is 5.02 Å². The molecule has 0 fully saturated rings. The van der Waals surface area contributed by atoms with E-state index in [4.69, 9.17) is 26.2 Å². The highest BCUT2D eigenvalue weighted by atomic mass is 35.5. The Labute approximate surface area is 164 Å². The molecule has 1 amide bonds. The molecule has 2 aromatic carbocycles. The fourth-order valence-corrected chi connectivity index (χ4v) is 2.57. The number of benzene rings is 2. The second-order valence-corrected chi connectivity index (χ2v) is 6.19. The van der Waals surface area contributed by atoms with Gasteiger partial charge in [-0.25, -0.2) is 0 Å². The van der Waals surface area contributed by atoms with Crippen LogP contribution in [0.15, 0.2) is 59.2 Å². The van der Waals surface area contributed by atoms with Crippen LogP contribution in [0.3, 0.4) is 0 Å². The van der Waals surface area contributed by atoms with E-state index in [2.05, 4.69) is 5.32 Å². The number of phenolic OH excluding ortho intramolecular Hbond substituents is 1. The van der Waals surface area contributed by atoms with Crippen molar-refractivity contribution in [3.63, 3.8) is 0 Å². The maximum absolute atomic E-state index is 12.7. The Hall–Kier alpha value is -3.58. The fraction of sp³-hybridized carbons (Fsp3) is 0.0500. The van der Waals surface area contributed by atoms with Crippen LogP contribution in [0.5, 0.6) is 11.5 Å². The molecule has 0 aliphatic rings. The first-order valence-corrected chi connectivity index (χ1v) is 8.43. The molecular formula is C20H15ClN2O5. The van der Waals surface area contributed by atoms with Gasteiger partial charge in [-0.1, -0.05) is 11.6 Å². The lowest BCUT2D eigenvalue weighted by atomic mass is 10.0. The molecule has 0 aliphatic heterocycles. The number of amides is 1. The van der Waals surface area contributed by atoms with Crippen molar-refractivity contribution in [1.29, 1.82) is 5.41 Å². The highest BCUT2D eigenvalue weighted by Crippen LogP contribution is 2.25. The smallest absolute Gasteiger partial charge is 0.261 e. The molecule has 0 saturated heterocycles. The molecular weight excluding hydrogens is 384 g/mol. The SMILES string of the molecule is COc1ccc(O)c(C(=O)c2coc(=N)c(C(=O)Nc3ccc(Cl)cc3)c2)c1. The van der Waals surface area contributed by atoms with Crippen LogP contribution < -0.4 is 15.6 Å². The van der Waals surface area contributed by atoms with Gasteiger partial charge in [0.15, 0.2) is 5.78 Å². The quantitative estimate of drug-likeness (QED) is 0.568. The summed E-state index contributed by atoms with van der Waals surface area (Å²) in [7, 11) is 1.43. The first-order valence-electron chi connectivity index (χ1n) is 8.05. The number of hydrogen-bond acceptors (Lipinski definition) is 6. The number of halogens is 1. The Morgan fingerprint density at radius 3 is 2.50 bits per heavy atom. The number of ether oxygens (including phenoxy) is 1. The van der Waals surface area contributed by atoms with Gasteiger partial charge in [-0.05, 0) is 48.5 Å². The third kappa shape index (κ3) is 4.05. The second-order valence-electron chi connectivity index (χ2n) is 5.75. The van der Waals surface area contributed by atoms with Crippen molar-refractivity contribution >= 4 is 29.0 Å². The minimum atomic E-state index is -0.624. The monoisotopic (exact) mass is 398 g/mol. The third-order valence-electron chi connectivity index (χ3n) is 3.91. The number of ketones is 1. The maximum atomic E-state index is 12.7. The largest absolute Gasteiger partial charge is 0.507 e. The summed E-state index contributed by atoms with van der Waals surface area (Å²) in [6.07, 6.45) is 1.06. The van der Waals surface area contributed by atoms with E-state index < -0.39 is 17.2 Å². The van der Waals surface area contributed by atoms with Crippen molar-refractivity contribution in [3.05, 3.63) is 82.1 Å². The Bertz CT molecular complexity index is 1110. The summed E-state index contributed by atoms with van der Waals surface area (Å²) in [4.78, 5) is 25.2. The molecule has 1 heterocycles. The molecule has 0 atom stereocenters. The number of carbonyl (C=O) groups excluding carboxylic acids is 2. The number of rotatable bonds is 5. The van der Waals surface area contributed by atoms with Crippen LogP contribution in [0, 0.1) is 5.41 Å². The molecule has 3 aromatic rings. The highest BCUT2D eigenvalue weighted by Gasteiger charge is 2.19. The van der Waals surface area contributed by atoms with Crippen molar-refractivity contribution < 1.29 is 23.8 Å². The standard InChI is InChI=1S/C20H15ClN2O5/c1-27-14-6-7-17(24)15(9-14)18(25)11-8-16(19(22)28-10-11)20(26)23-13-4-2-12(21)3-5-13/h2-10,22,24H,1H3,(H,23,26). The minimum Gasteiger partial charge on any atom is -0.507 e. The van der Waals surface area contributed by atoms with Gasteiger partial charge in [-0.3, -0.25) is 15.0 Å². The number of aromatic hydroxyl groups is 1. The number of carbonyl (C=O) groups is 2. The van der Waals surface area contributed by atoms with Crippen LogP contribution >= 0.6 is 11.6 Å². The van der Waals surface area contributed by atoms with Gasteiger partial charge in [0.25, 0.3) is 5.91 Å². The summed E-state index contributed by atoms with van der Waals surface area (Å²) in [5, 5.41) is 20.9. The van der Waals surface area contributed by atoms with E-state index in [0.29, 0.717) is 16.5 Å². The van der Waals surface area contributed by atoms with E-state index in [0.717, 1.165) is 6.26 Å². The van der Waals surface area contributed by atoms with Gasteiger partial charge in [0.1, 0.15) is 23.3 Å². The average molecular weight is 399 g/mol. The summed E-state index contributed by atoms with van der Waals surface area (Å²) in [5.41, 5.74) is -0.0887. The summed E-state index contributed by atoms with van der Waals surface area (Å²) < 4.78 is 10.1. The zero-order valence-electron chi connectivity index (χ0n) is 14.7. The summed E-state index contributed by atoms with van der Waals surface area (Å²) in [5.74, 6) is -1.06. The molecule has 0 spiro atoms. The second kappa shape index (κ2) is 7.98. The number of phenols is 1. The van der Waals surface area contributed by atoms with Crippen molar-refractivity contribution in [2.24, 2.45) is 0 Å². The molecule has 0 bridgehead atoms. The highest BCUT2D eigenvalue weighted by molar-refractivity contribution is 6.30. The first-order chi connectivity index (χ1) is 13.4. The molecule has 0 radical (unpaired) electrons. The van der Waals surface area contributed by atoms with Crippen LogP contribution in [0.25, 0.3) is 0 Å². The lowest BCUT2D eigenvalue weighted by Gasteiger charge is -2.08. The molecule has 1 aromatic heterocycles. The first kappa shape index (κ1) is 19.2. The van der Waals surface area contributed by atoms with E-state index in [-0.39, 0.29) is 22.4 Å². The zero-order valence-corrected chi connectivity index (χ0v) is 15.4. The minimum absolute atomic E-state index is 0.000749. The molecule has 7 nitrogen and oxygen atoms in total. The Kier molecular flexibility index (Phi) is 5.47. The van der Waals surface area contributed by atoms with Crippen LogP contribution in [-0.4, -0.2) is 23.9 Å². The van der Waals surface area contributed by atoms with Gasteiger partial charge in [-0.15, -0.1) is 0 Å². The lowest BCUT2D eigenvalue weighted by molar-refractivity contribution is 0.102. The van der Waals surface area contributed by atoms with Crippen LogP contribution in [0.1, 0.15) is 26.3 Å². The molecule has 0 aliphatic carbocycles. The number of nitrogens with one attached hydrogen (secondary N) is 2. The van der Waals surface area contributed by atoms with E-state index in [1.165, 1.54) is 31.4 Å². The van der Waals surface area contributed by atoms with Gasteiger partial charge in [0, 0.05) is 10.7 Å². The number of methoxy groups -OCH3 is 1. The van der Waals surface area contributed by atoms with Gasteiger partial charge >= 0.3 is 0 Å². The van der Waals surface area contributed by atoms with Gasteiger partial charge in [0.05, 0.1) is 18.2 Å². The van der Waals surface area contributed by atoms with Crippen molar-refractivity contribution in [2.75, 3.05) is 12.4 Å². The topological polar surface area (TPSA) is 113 Å². The molecule has 28 heavy (non-hydrogen) atoms. The Morgan fingerprint density at radius 1 is 1.11 bits per heavy atom. The molecule has 3 N–H and O–H groups in total. The van der Waals surface area contributed by atoms with E-state index in [9.17, 15) is 14.7 Å². The Morgan fingerprint density at radius 2 is 1.82 bits per heavy atom. The van der Waals surface area contributed by atoms with E-state index in [1.54, 1.807) is 24.3 Å².